The molecule has 6 heteroatoms. The lowest BCUT2D eigenvalue weighted by Crippen LogP contribution is -2.38. The topological polar surface area (TPSA) is 42.7 Å². The van der Waals surface area contributed by atoms with E-state index in [9.17, 15) is 0 Å². The Morgan fingerprint density at radius 2 is 2.09 bits per heavy atom. The van der Waals surface area contributed by atoms with Crippen molar-refractivity contribution in [3.63, 3.8) is 0 Å². The molecule has 1 fully saturated rings. The highest BCUT2D eigenvalue weighted by molar-refractivity contribution is 7.13. The fourth-order valence-corrected chi connectivity index (χ4v) is 4.29. The van der Waals surface area contributed by atoms with Gasteiger partial charge in [0.25, 0.3) is 0 Å². The number of aryl methyl sites for hydroxylation is 1. The number of hydrogen-bond donors (Lipinski definition) is 0. The highest BCUT2D eigenvalue weighted by atomic mass is 32.1. The van der Waals surface area contributed by atoms with Gasteiger partial charge in [-0.1, -0.05) is 6.07 Å². The zero-order valence-electron chi connectivity index (χ0n) is 12.9. The molecule has 0 amide bonds. The van der Waals surface area contributed by atoms with Crippen LogP contribution in [0.1, 0.15) is 17.7 Å². The molecule has 5 nitrogen and oxygen atoms in total. The molecule has 0 aromatic carbocycles. The van der Waals surface area contributed by atoms with Gasteiger partial charge in [0.1, 0.15) is 11.5 Å². The molecule has 1 saturated heterocycles. The summed E-state index contributed by atoms with van der Waals surface area (Å²) in [4.78, 5) is 8.51. The predicted octanol–water partition coefficient (Wildman–Crippen LogP) is 2.78. The molecule has 2 aliphatic rings. The molecule has 4 heterocycles. The molecule has 0 radical (unpaired) electrons. The first-order valence-corrected chi connectivity index (χ1v) is 9.06. The van der Waals surface area contributed by atoms with Crippen LogP contribution in [0.5, 0.6) is 0 Å². The van der Waals surface area contributed by atoms with Crippen molar-refractivity contribution in [3.05, 3.63) is 34.8 Å². The first-order chi connectivity index (χ1) is 11.4. The van der Waals surface area contributed by atoms with E-state index in [1.807, 2.05) is 0 Å². The van der Waals surface area contributed by atoms with E-state index in [4.69, 9.17) is 14.8 Å². The van der Waals surface area contributed by atoms with Crippen molar-refractivity contribution in [2.45, 2.75) is 19.3 Å². The van der Waals surface area contributed by atoms with Crippen molar-refractivity contribution in [3.8, 4) is 10.6 Å². The summed E-state index contributed by atoms with van der Waals surface area (Å²) in [6.07, 6.45) is 3.40. The molecule has 1 aliphatic heterocycles. The zero-order valence-corrected chi connectivity index (χ0v) is 13.7. The zero-order chi connectivity index (χ0) is 15.2. The van der Waals surface area contributed by atoms with Crippen LogP contribution in [0.15, 0.2) is 23.6 Å². The van der Waals surface area contributed by atoms with Crippen molar-refractivity contribution in [2.75, 3.05) is 31.2 Å². The van der Waals surface area contributed by atoms with E-state index in [-0.39, 0.29) is 0 Å². The summed E-state index contributed by atoms with van der Waals surface area (Å²) in [5, 5.41) is 6.98. The minimum absolute atomic E-state index is 0.789. The molecule has 0 saturated carbocycles. The van der Waals surface area contributed by atoms with Gasteiger partial charge in [-0.3, -0.25) is 0 Å². The number of morpholine rings is 1. The summed E-state index contributed by atoms with van der Waals surface area (Å²) in [5.74, 6) is 1.24. The second-order valence-electron chi connectivity index (χ2n) is 6.09. The first kappa shape index (κ1) is 13.5. The van der Waals surface area contributed by atoms with Crippen molar-refractivity contribution >= 4 is 22.8 Å². The Bertz CT molecular complexity index is 849. The van der Waals surface area contributed by atoms with Gasteiger partial charge in [-0.05, 0) is 30.7 Å². The van der Waals surface area contributed by atoms with E-state index in [1.54, 1.807) is 11.3 Å². The van der Waals surface area contributed by atoms with Gasteiger partial charge >= 0.3 is 0 Å². The van der Waals surface area contributed by atoms with E-state index in [2.05, 4.69) is 33.0 Å². The van der Waals surface area contributed by atoms with E-state index in [0.29, 0.717) is 0 Å². The van der Waals surface area contributed by atoms with Gasteiger partial charge in [0, 0.05) is 30.4 Å². The number of anilines is 1. The number of hydrogen-bond acceptors (Lipinski definition) is 5. The van der Waals surface area contributed by atoms with E-state index in [0.717, 1.165) is 50.5 Å². The second kappa shape index (κ2) is 5.32. The number of aromatic nitrogens is 3. The van der Waals surface area contributed by atoms with Crippen molar-refractivity contribution < 1.29 is 4.74 Å². The van der Waals surface area contributed by atoms with Crippen LogP contribution in [0.4, 0.5) is 5.82 Å². The van der Waals surface area contributed by atoms with Crippen LogP contribution in [-0.4, -0.2) is 40.9 Å². The van der Waals surface area contributed by atoms with Gasteiger partial charge in [-0.15, -0.1) is 11.3 Å². The van der Waals surface area contributed by atoms with Gasteiger partial charge < -0.3 is 9.64 Å². The maximum Gasteiger partial charge on any atom is 0.158 e. The number of ether oxygens (including phenoxy) is 1. The Balaban J connectivity index is 1.72. The van der Waals surface area contributed by atoms with Crippen LogP contribution in [0.3, 0.4) is 0 Å². The predicted molar refractivity (Wildman–Crippen MR) is 91.4 cm³/mol. The monoisotopic (exact) mass is 326 g/mol. The third-order valence-electron chi connectivity index (χ3n) is 4.68. The molecule has 0 bridgehead atoms. The molecule has 1 aliphatic carbocycles. The van der Waals surface area contributed by atoms with Crippen LogP contribution < -0.4 is 4.90 Å². The lowest BCUT2D eigenvalue weighted by molar-refractivity contribution is 0.122. The molecule has 118 valence electrons. The third-order valence-corrected chi connectivity index (χ3v) is 5.58. The summed E-state index contributed by atoms with van der Waals surface area (Å²) in [5.41, 5.74) is 4.64. The fraction of sp³-hybridized carbons (Fsp3) is 0.412. The van der Waals surface area contributed by atoms with Crippen LogP contribution in [0.2, 0.25) is 0 Å². The fourth-order valence-electron chi connectivity index (χ4n) is 3.61. The standard InChI is InChI=1S/C17H18N4OS/c1-3-12-13(4-1)18-16-11-14(15-5-2-10-23-15)19-21(16)17(12)20-6-8-22-9-7-20/h2,5,10-11H,1,3-4,6-9H2. The van der Waals surface area contributed by atoms with Gasteiger partial charge in [-0.2, -0.15) is 9.61 Å². The molecule has 0 spiro atoms. The van der Waals surface area contributed by atoms with Crippen LogP contribution >= 0.6 is 11.3 Å². The van der Waals surface area contributed by atoms with Crippen LogP contribution in [0, 0.1) is 0 Å². The normalized spacial score (nSPS) is 17.8. The molecular formula is C17H18N4OS. The highest BCUT2D eigenvalue weighted by Crippen LogP contribution is 2.33. The highest BCUT2D eigenvalue weighted by Gasteiger charge is 2.26. The molecule has 5 rings (SSSR count). The Kier molecular flexibility index (Phi) is 3.12. The average Bonchev–Trinajstić information content (AvgIpc) is 3.32. The Labute approximate surface area is 138 Å². The van der Waals surface area contributed by atoms with E-state index < -0.39 is 0 Å². The Morgan fingerprint density at radius 3 is 2.91 bits per heavy atom. The molecule has 23 heavy (non-hydrogen) atoms. The average molecular weight is 326 g/mol. The first-order valence-electron chi connectivity index (χ1n) is 8.18. The summed E-state index contributed by atoms with van der Waals surface area (Å²) < 4.78 is 7.59. The van der Waals surface area contributed by atoms with Crippen LogP contribution in [-0.2, 0) is 17.6 Å². The van der Waals surface area contributed by atoms with Gasteiger partial charge in [0.05, 0.1) is 18.1 Å². The molecule has 3 aromatic heterocycles. The van der Waals surface area contributed by atoms with Gasteiger partial charge in [0.15, 0.2) is 5.65 Å². The summed E-state index contributed by atoms with van der Waals surface area (Å²) >= 11 is 1.72. The maximum absolute atomic E-state index is 5.53. The third kappa shape index (κ3) is 2.16. The number of thiophene rings is 1. The Hall–Kier alpha value is -1.92. The number of nitrogens with zero attached hydrogens (tertiary/aromatic N) is 4. The lowest BCUT2D eigenvalue weighted by Gasteiger charge is -2.30. The van der Waals surface area contributed by atoms with Crippen molar-refractivity contribution in [2.24, 2.45) is 0 Å². The quantitative estimate of drug-likeness (QED) is 0.726. The minimum Gasteiger partial charge on any atom is -0.378 e. The summed E-state index contributed by atoms with van der Waals surface area (Å²) in [7, 11) is 0. The van der Waals surface area contributed by atoms with E-state index >= 15 is 0 Å². The number of fused-ring (bicyclic) bond motifs is 2. The summed E-state index contributed by atoms with van der Waals surface area (Å²) in [6, 6.07) is 6.31. The van der Waals surface area contributed by atoms with Crippen molar-refractivity contribution in [1.82, 2.24) is 14.6 Å². The molecule has 0 N–H and O–H groups in total. The number of rotatable bonds is 2. The SMILES string of the molecule is c1csc(-c2cc3nc4c(c(N5CCOCC5)n3n2)CCC4)c1. The lowest BCUT2D eigenvalue weighted by atomic mass is 10.2. The molecular weight excluding hydrogens is 308 g/mol. The second-order valence-corrected chi connectivity index (χ2v) is 7.04. The largest absolute Gasteiger partial charge is 0.378 e. The maximum atomic E-state index is 5.53. The van der Waals surface area contributed by atoms with Gasteiger partial charge in [0.2, 0.25) is 0 Å². The smallest absolute Gasteiger partial charge is 0.158 e. The van der Waals surface area contributed by atoms with Crippen molar-refractivity contribution in [1.29, 1.82) is 0 Å². The van der Waals surface area contributed by atoms with Crippen LogP contribution in [0.25, 0.3) is 16.2 Å². The molecule has 3 aromatic rings. The molecule has 0 atom stereocenters. The Morgan fingerprint density at radius 1 is 1.17 bits per heavy atom. The molecule has 0 unspecified atom stereocenters. The van der Waals surface area contributed by atoms with E-state index in [1.165, 1.54) is 28.4 Å². The summed E-state index contributed by atoms with van der Waals surface area (Å²) in [6.45, 7) is 3.44. The minimum atomic E-state index is 0.789. The van der Waals surface area contributed by atoms with Gasteiger partial charge in [-0.25, -0.2) is 4.98 Å².